The molecule has 2 aromatic carbocycles. The van der Waals surface area contributed by atoms with Gasteiger partial charge in [-0.2, -0.15) is 4.39 Å². The number of carbonyl (C=O) groups excluding carboxylic acids is 1. The second-order valence-corrected chi connectivity index (χ2v) is 7.15. The second kappa shape index (κ2) is 7.63. The highest BCUT2D eigenvalue weighted by molar-refractivity contribution is 6.05. The van der Waals surface area contributed by atoms with Gasteiger partial charge in [0.25, 0.3) is 5.56 Å². The van der Waals surface area contributed by atoms with Crippen molar-refractivity contribution in [3.63, 3.8) is 0 Å². The van der Waals surface area contributed by atoms with Crippen LogP contribution in [0.2, 0.25) is 0 Å². The molecule has 3 aromatic heterocycles. The Hall–Kier alpha value is -4.52. The highest BCUT2D eigenvalue weighted by Crippen LogP contribution is 2.33. The Morgan fingerprint density at radius 3 is 2.62 bits per heavy atom. The van der Waals surface area contributed by atoms with Crippen LogP contribution in [0.1, 0.15) is 0 Å². The molecule has 0 aliphatic heterocycles. The van der Waals surface area contributed by atoms with Gasteiger partial charge in [0.2, 0.25) is 11.9 Å². The molecule has 0 saturated heterocycles. The maximum absolute atomic E-state index is 13.2. The summed E-state index contributed by atoms with van der Waals surface area (Å²) in [4.78, 5) is 28.3. The molecule has 5 aromatic rings. The summed E-state index contributed by atoms with van der Waals surface area (Å²) in [5, 5.41) is 3.42. The molecule has 1 amide bonds. The molecule has 1 N–H and O–H groups in total. The van der Waals surface area contributed by atoms with Gasteiger partial charge in [0.1, 0.15) is 11.1 Å². The number of hydrogen-bond acceptors (Lipinski definition) is 4. The van der Waals surface area contributed by atoms with Crippen molar-refractivity contribution >= 4 is 33.7 Å². The summed E-state index contributed by atoms with van der Waals surface area (Å²) in [5.74, 6) is -0.903. The lowest BCUT2D eigenvalue weighted by atomic mass is 10.1. The van der Waals surface area contributed by atoms with Crippen molar-refractivity contribution in [3.8, 4) is 16.8 Å². The Labute approximate surface area is 181 Å². The number of carbonyl (C=O) groups is 1. The zero-order chi connectivity index (χ0) is 22.2. The molecular formula is C25H16FN3O3. The van der Waals surface area contributed by atoms with E-state index in [4.69, 9.17) is 4.42 Å². The van der Waals surface area contributed by atoms with E-state index >= 15 is 0 Å². The van der Waals surface area contributed by atoms with Gasteiger partial charge in [0.05, 0.1) is 5.69 Å². The van der Waals surface area contributed by atoms with Gasteiger partial charge in [0, 0.05) is 28.9 Å². The Kier molecular flexibility index (Phi) is 4.63. The summed E-state index contributed by atoms with van der Waals surface area (Å²) in [7, 11) is 0. The SMILES string of the molecule is C=CC(=O)Nc1cccc(-n2c(=O)ccc3oc4ccc(-c5ccc(F)nc5)cc4c32)c1. The van der Waals surface area contributed by atoms with Crippen molar-refractivity contribution in [2.45, 2.75) is 0 Å². The molecule has 156 valence electrons. The first-order chi connectivity index (χ1) is 15.5. The number of aromatic nitrogens is 2. The van der Waals surface area contributed by atoms with Crippen LogP contribution in [0.25, 0.3) is 38.9 Å². The van der Waals surface area contributed by atoms with Crippen molar-refractivity contribution in [2.24, 2.45) is 0 Å². The number of halogens is 1. The maximum Gasteiger partial charge on any atom is 0.255 e. The van der Waals surface area contributed by atoms with Gasteiger partial charge < -0.3 is 9.73 Å². The van der Waals surface area contributed by atoms with Crippen LogP contribution in [0.4, 0.5) is 10.1 Å². The Balaban J connectivity index is 1.74. The first-order valence-electron chi connectivity index (χ1n) is 9.77. The predicted molar refractivity (Wildman–Crippen MR) is 121 cm³/mol. The lowest BCUT2D eigenvalue weighted by molar-refractivity contribution is -0.111. The molecule has 0 saturated carbocycles. The largest absolute Gasteiger partial charge is 0.454 e. The van der Waals surface area contributed by atoms with Gasteiger partial charge in [-0.3, -0.25) is 14.2 Å². The Bertz CT molecular complexity index is 1570. The monoisotopic (exact) mass is 425 g/mol. The van der Waals surface area contributed by atoms with E-state index < -0.39 is 5.95 Å². The van der Waals surface area contributed by atoms with Gasteiger partial charge >= 0.3 is 0 Å². The molecule has 0 atom stereocenters. The zero-order valence-corrected chi connectivity index (χ0v) is 16.7. The highest BCUT2D eigenvalue weighted by Gasteiger charge is 2.15. The predicted octanol–water partition coefficient (Wildman–Crippen LogP) is 5.06. The molecule has 3 heterocycles. The fraction of sp³-hybridized carbons (Fsp3) is 0. The number of amides is 1. The van der Waals surface area contributed by atoms with Crippen LogP contribution in [0.3, 0.4) is 0 Å². The summed E-state index contributed by atoms with van der Waals surface area (Å²) in [6.45, 7) is 3.45. The van der Waals surface area contributed by atoms with Crippen LogP contribution in [-0.2, 0) is 4.79 Å². The van der Waals surface area contributed by atoms with Crippen molar-refractivity contribution in [1.29, 1.82) is 0 Å². The molecule has 0 radical (unpaired) electrons. The van der Waals surface area contributed by atoms with E-state index in [1.807, 2.05) is 18.2 Å². The number of benzene rings is 2. The zero-order valence-electron chi connectivity index (χ0n) is 16.7. The molecule has 5 rings (SSSR count). The van der Waals surface area contributed by atoms with Crippen molar-refractivity contribution < 1.29 is 13.6 Å². The van der Waals surface area contributed by atoms with E-state index in [0.717, 1.165) is 16.5 Å². The molecule has 0 spiro atoms. The molecule has 0 unspecified atom stereocenters. The number of fused-ring (bicyclic) bond motifs is 3. The minimum Gasteiger partial charge on any atom is -0.454 e. The molecule has 0 aliphatic rings. The average Bonchev–Trinajstić information content (AvgIpc) is 3.17. The van der Waals surface area contributed by atoms with Crippen LogP contribution in [0.15, 0.2) is 94.8 Å². The first kappa shape index (κ1) is 19.4. The van der Waals surface area contributed by atoms with Crippen molar-refractivity contribution in [3.05, 3.63) is 102 Å². The number of hydrogen-bond donors (Lipinski definition) is 1. The van der Waals surface area contributed by atoms with Gasteiger partial charge in [-0.25, -0.2) is 4.98 Å². The van der Waals surface area contributed by atoms with E-state index in [1.165, 1.54) is 29.0 Å². The van der Waals surface area contributed by atoms with Gasteiger partial charge in [-0.1, -0.05) is 18.7 Å². The summed E-state index contributed by atoms with van der Waals surface area (Å²) >= 11 is 0. The third-order valence-electron chi connectivity index (χ3n) is 5.13. The van der Waals surface area contributed by atoms with Crippen LogP contribution < -0.4 is 10.9 Å². The van der Waals surface area contributed by atoms with Crippen LogP contribution >= 0.6 is 0 Å². The summed E-state index contributed by atoms with van der Waals surface area (Å²) in [6, 6.07) is 18.5. The fourth-order valence-corrected chi connectivity index (χ4v) is 3.68. The molecule has 7 heteroatoms. The van der Waals surface area contributed by atoms with E-state index in [2.05, 4.69) is 16.9 Å². The Morgan fingerprint density at radius 2 is 1.84 bits per heavy atom. The van der Waals surface area contributed by atoms with E-state index in [0.29, 0.717) is 28.1 Å². The van der Waals surface area contributed by atoms with Gasteiger partial charge in [-0.15, -0.1) is 0 Å². The fourth-order valence-electron chi connectivity index (χ4n) is 3.68. The molecule has 0 fully saturated rings. The van der Waals surface area contributed by atoms with E-state index in [9.17, 15) is 14.0 Å². The normalized spacial score (nSPS) is 11.0. The number of nitrogens with zero attached hydrogens (tertiary/aromatic N) is 2. The smallest absolute Gasteiger partial charge is 0.255 e. The number of pyridine rings is 2. The highest BCUT2D eigenvalue weighted by atomic mass is 19.1. The number of furan rings is 1. The summed E-state index contributed by atoms with van der Waals surface area (Å²) in [5.41, 5.74) is 4.13. The second-order valence-electron chi connectivity index (χ2n) is 7.15. The topological polar surface area (TPSA) is 77.1 Å². The molecule has 6 nitrogen and oxygen atoms in total. The minimum absolute atomic E-state index is 0.249. The molecule has 0 bridgehead atoms. The standard InChI is InChI=1S/C25H16FN3O3/c1-2-23(30)28-17-4-3-5-18(13-17)29-24(31)11-9-21-25(29)19-12-15(6-8-20(19)32-21)16-7-10-22(26)27-14-16/h2-14H,1H2,(H,28,30). The van der Waals surface area contributed by atoms with Crippen molar-refractivity contribution in [2.75, 3.05) is 5.32 Å². The van der Waals surface area contributed by atoms with Gasteiger partial charge in [0.15, 0.2) is 5.58 Å². The molecule has 0 aliphatic carbocycles. The summed E-state index contributed by atoms with van der Waals surface area (Å²) < 4.78 is 20.8. The summed E-state index contributed by atoms with van der Waals surface area (Å²) in [6.07, 6.45) is 2.63. The molecular weight excluding hydrogens is 409 g/mol. The number of nitrogens with one attached hydrogen (secondary N) is 1. The van der Waals surface area contributed by atoms with Crippen LogP contribution in [-0.4, -0.2) is 15.5 Å². The maximum atomic E-state index is 13.2. The van der Waals surface area contributed by atoms with E-state index in [-0.39, 0.29) is 11.5 Å². The lowest BCUT2D eigenvalue weighted by Gasteiger charge is -2.10. The quantitative estimate of drug-likeness (QED) is 0.322. The number of rotatable bonds is 4. The lowest BCUT2D eigenvalue weighted by Crippen LogP contribution is -2.17. The van der Waals surface area contributed by atoms with Crippen molar-refractivity contribution in [1.82, 2.24) is 9.55 Å². The first-order valence-corrected chi connectivity index (χ1v) is 9.77. The number of anilines is 1. The average molecular weight is 425 g/mol. The molecule has 32 heavy (non-hydrogen) atoms. The minimum atomic E-state index is -0.555. The van der Waals surface area contributed by atoms with E-state index in [1.54, 1.807) is 36.4 Å². The third-order valence-corrected chi connectivity index (χ3v) is 5.13. The third kappa shape index (κ3) is 3.35. The Morgan fingerprint density at radius 1 is 1.03 bits per heavy atom. The van der Waals surface area contributed by atoms with Crippen LogP contribution in [0.5, 0.6) is 0 Å². The van der Waals surface area contributed by atoms with Gasteiger partial charge in [-0.05, 0) is 60.2 Å². The van der Waals surface area contributed by atoms with Crippen LogP contribution in [0, 0.1) is 5.95 Å².